The molecule has 1 unspecified atom stereocenters. The molecule has 0 aliphatic carbocycles. The Morgan fingerprint density at radius 3 is 2.56 bits per heavy atom. The summed E-state index contributed by atoms with van der Waals surface area (Å²) in [4.78, 5) is 15.1. The molecular formula is C25H27ClN2O4S2. The van der Waals surface area contributed by atoms with Crippen LogP contribution in [0.2, 0.25) is 5.02 Å². The lowest BCUT2D eigenvalue weighted by atomic mass is 10.1. The lowest BCUT2D eigenvalue weighted by molar-refractivity contribution is -0.131. The van der Waals surface area contributed by atoms with Crippen molar-refractivity contribution in [3.05, 3.63) is 75.3 Å². The molecule has 0 spiro atoms. The van der Waals surface area contributed by atoms with Crippen molar-refractivity contribution in [1.82, 2.24) is 4.98 Å². The zero-order valence-electron chi connectivity index (χ0n) is 19.4. The molecule has 0 aliphatic rings. The Bertz CT molecular complexity index is 1210. The van der Waals surface area contributed by atoms with E-state index in [1.807, 2.05) is 49.6 Å². The van der Waals surface area contributed by atoms with Crippen molar-refractivity contribution in [1.29, 1.82) is 0 Å². The van der Waals surface area contributed by atoms with Crippen molar-refractivity contribution in [2.45, 2.75) is 38.6 Å². The smallest absolute Gasteiger partial charge is 0.328 e. The highest BCUT2D eigenvalue weighted by Crippen LogP contribution is 2.37. The fourth-order valence-electron chi connectivity index (χ4n) is 3.10. The Morgan fingerprint density at radius 1 is 1.26 bits per heavy atom. The Labute approximate surface area is 211 Å². The summed E-state index contributed by atoms with van der Waals surface area (Å²) in [5.74, 6) is -0.169. The molecule has 1 atom stereocenters. The number of ether oxygens (including phenoxy) is 1. The molecule has 0 radical (unpaired) electrons. The van der Waals surface area contributed by atoms with E-state index in [0.717, 1.165) is 28.5 Å². The van der Waals surface area contributed by atoms with E-state index in [4.69, 9.17) is 21.4 Å². The molecule has 6 nitrogen and oxygen atoms in total. The first-order valence-corrected chi connectivity index (χ1v) is 13.0. The fourth-order valence-corrected chi connectivity index (χ4v) is 5.69. The molecule has 1 aromatic heterocycles. The van der Waals surface area contributed by atoms with Crippen molar-refractivity contribution >= 4 is 51.7 Å². The maximum absolute atomic E-state index is 13.5. The Kier molecular flexibility index (Phi) is 8.88. The van der Waals surface area contributed by atoms with Gasteiger partial charge in [-0.15, -0.1) is 11.3 Å². The lowest BCUT2D eigenvalue weighted by Gasteiger charge is -2.27. The van der Waals surface area contributed by atoms with Gasteiger partial charge in [-0.2, -0.15) is 0 Å². The zero-order chi connectivity index (χ0) is 24.8. The molecule has 34 heavy (non-hydrogen) atoms. The molecule has 0 saturated carbocycles. The number of halogens is 1. The second-order valence-corrected chi connectivity index (χ2v) is 11.1. The number of anilines is 1. The van der Waals surface area contributed by atoms with Crippen LogP contribution in [0.25, 0.3) is 6.08 Å². The van der Waals surface area contributed by atoms with E-state index in [-0.39, 0.29) is 12.5 Å². The minimum Gasteiger partial charge on any atom is -0.487 e. The predicted molar refractivity (Wildman–Crippen MR) is 139 cm³/mol. The van der Waals surface area contributed by atoms with Gasteiger partial charge in [0.1, 0.15) is 12.4 Å². The predicted octanol–water partition coefficient (Wildman–Crippen LogP) is 6.28. The first kappa shape index (κ1) is 25.9. The van der Waals surface area contributed by atoms with Crippen LogP contribution >= 0.6 is 22.9 Å². The van der Waals surface area contributed by atoms with Crippen LogP contribution in [-0.4, -0.2) is 26.8 Å². The largest absolute Gasteiger partial charge is 0.487 e. The van der Waals surface area contributed by atoms with Gasteiger partial charge in [0.25, 0.3) is 0 Å². The Balaban J connectivity index is 1.89. The maximum atomic E-state index is 13.5. The van der Waals surface area contributed by atoms with Crippen LogP contribution < -0.4 is 9.04 Å². The average Bonchev–Trinajstić information content (AvgIpc) is 3.23. The summed E-state index contributed by atoms with van der Waals surface area (Å²) >= 11 is 7.83. The van der Waals surface area contributed by atoms with E-state index in [9.17, 15) is 9.00 Å². The second kappa shape index (κ2) is 11.6. The molecule has 0 bridgehead atoms. The van der Waals surface area contributed by atoms with Gasteiger partial charge in [-0.25, -0.2) is 14.0 Å². The van der Waals surface area contributed by atoms with E-state index in [1.165, 1.54) is 17.4 Å². The SMILES string of the molecule is Cc1csc(S(=O)N(CC(C)C)c2cc(Cl)c(C)cc2OCc2ccc(/C=C/C(=O)O)cc2)n1. The van der Waals surface area contributed by atoms with Gasteiger partial charge in [0.05, 0.1) is 5.69 Å². The summed E-state index contributed by atoms with van der Waals surface area (Å²) in [7, 11) is -1.51. The molecule has 1 N–H and O–H groups in total. The van der Waals surface area contributed by atoms with Gasteiger partial charge >= 0.3 is 5.97 Å². The quantitative estimate of drug-likeness (QED) is 0.320. The van der Waals surface area contributed by atoms with Gasteiger partial charge in [-0.05, 0) is 54.7 Å². The number of thiazole rings is 1. The summed E-state index contributed by atoms with van der Waals surface area (Å²) in [6, 6.07) is 11.1. The maximum Gasteiger partial charge on any atom is 0.328 e. The van der Waals surface area contributed by atoms with Gasteiger partial charge in [0.2, 0.25) is 4.34 Å². The number of nitrogens with zero attached hydrogens (tertiary/aromatic N) is 2. The summed E-state index contributed by atoms with van der Waals surface area (Å²) < 4.78 is 22.0. The number of hydrogen-bond donors (Lipinski definition) is 1. The van der Waals surface area contributed by atoms with E-state index >= 15 is 0 Å². The lowest BCUT2D eigenvalue weighted by Crippen LogP contribution is -2.30. The van der Waals surface area contributed by atoms with Crippen molar-refractivity contribution in [3.63, 3.8) is 0 Å². The van der Waals surface area contributed by atoms with Crippen LogP contribution in [0.1, 0.15) is 36.2 Å². The number of carboxylic acid groups (broad SMARTS) is 1. The van der Waals surface area contributed by atoms with E-state index in [2.05, 4.69) is 18.8 Å². The minimum atomic E-state index is -1.51. The summed E-state index contributed by atoms with van der Waals surface area (Å²) in [5, 5.41) is 11.2. The molecule has 2 aromatic carbocycles. The third-order valence-corrected chi connectivity index (χ3v) is 7.79. The number of aryl methyl sites for hydroxylation is 2. The van der Waals surface area contributed by atoms with Gasteiger partial charge < -0.3 is 9.84 Å². The van der Waals surface area contributed by atoms with Gasteiger partial charge in [0.15, 0.2) is 11.0 Å². The minimum absolute atomic E-state index is 0.240. The molecule has 1 heterocycles. The number of carbonyl (C=O) groups is 1. The standard InChI is InChI=1S/C25H27ClN2O4S2/c1-16(2)13-28(34(31)25-27-18(4)15-33-25)22-12-21(26)17(3)11-23(22)32-14-20-7-5-19(6-8-20)9-10-24(29)30/h5-12,15-16H,13-14H2,1-4H3,(H,29,30)/b10-9+. The molecule has 0 aliphatic heterocycles. The van der Waals surface area contributed by atoms with Crippen LogP contribution in [0.4, 0.5) is 5.69 Å². The van der Waals surface area contributed by atoms with Crippen LogP contribution in [-0.2, 0) is 22.4 Å². The molecule has 3 rings (SSSR count). The fraction of sp³-hybridized carbons (Fsp3) is 0.280. The number of hydrogen-bond acceptors (Lipinski definition) is 5. The van der Waals surface area contributed by atoms with Crippen LogP contribution in [0.15, 0.2) is 52.2 Å². The van der Waals surface area contributed by atoms with Crippen molar-refractivity contribution < 1.29 is 18.8 Å². The molecule has 9 heteroatoms. The number of carboxylic acids is 1. The average molecular weight is 519 g/mol. The first-order valence-electron chi connectivity index (χ1n) is 10.7. The number of aliphatic carboxylic acids is 1. The molecule has 0 fully saturated rings. The highest BCUT2D eigenvalue weighted by atomic mass is 35.5. The summed E-state index contributed by atoms with van der Waals surface area (Å²) in [6.45, 7) is 8.73. The van der Waals surface area contributed by atoms with Gasteiger partial charge in [0, 0.05) is 28.7 Å². The van der Waals surface area contributed by atoms with Crippen molar-refractivity contribution in [2.24, 2.45) is 5.92 Å². The number of rotatable bonds is 10. The Hall–Kier alpha value is -2.68. The van der Waals surface area contributed by atoms with Crippen molar-refractivity contribution in [2.75, 3.05) is 10.8 Å². The normalized spacial score (nSPS) is 12.3. The van der Waals surface area contributed by atoms with E-state index in [1.54, 1.807) is 10.4 Å². The highest BCUT2D eigenvalue weighted by Gasteiger charge is 2.24. The van der Waals surface area contributed by atoms with Gasteiger partial charge in [-0.3, -0.25) is 4.31 Å². The second-order valence-electron chi connectivity index (χ2n) is 8.23. The van der Waals surface area contributed by atoms with Gasteiger partial charge in [-0.1, -0.05) is 49.7 Å². The third kappa shape index (κ3) is 6.91. The number of aromatic nitrogens is 1. The van der Waals surface area contributed by atoms with E-state index < -0.39 is 17.0 Å². The van der Waals surface area contributed by atoms with E-state index in [0.29, 0.717) is 27.3 Å². The molecule has 3 aromatic rings. The molecule has 0 amide bonds. The highest BCUT2D eigenvalue weighted by molar-refractivity contribution is 7.88. The molecular weight excluding hydrogens is 492 g/mol. The van der Waals surface area contributed by atoms with Crippen LogP contribution in [0.3, 0.4) is 0 Å². The first-order chi connectivity index (χ1) is 16.1. The summed E-state index contributed by atoms with van der Waals surface area (Å²) in [6.07, 6.45) is 2.63. The molecule has 180 valence electrons. The topological polar surface area (TPSA) is 79.7 Å². The van der Waals surface area contributed by atoms with Crippen LogP contribution in [0, 0.1) is 19.8 Å². The van der Waals surface area contributed by atoms with Crippen LogP contribution in [0.5, 0.6) is 5.75 Å². The Morgan fingerprint density at radius 2 is 1.97 bits per heavy atom. The number of benzene rings is 2. The summed E-state index contributed by atoms with van der Waals surface area (Å²) in [5.41, 5.74) is 4.04. The third-order valence-electron chi connectivity index (χ3n) is 4.78. The molecule has 0 saturated heterocycles. The zero-order valence-corrected chi connectivity index (χ0v) is 21.8. The monoisotopic (exact) mass is 518 g/mol. The van der Waals surface area contributed by atoms with Crippen molar-refractivity contribution in [3.8, 4) is 5.75 Å².